The zero-order valence-corrected chi connectivity index (χ0v) is 12.5. The number of benzene rings is 1. The molecule has 0 saturated carbocycles. The largest absolute Gasteiger partial charge is 0.356 e. The van der Waals surface area contributed by atoms with Gasteiger partial charge in [-0.05, 0) is 56.5 Å². The maximum absolute atomic E-state index is 13.1. The lowest BCUT2D eigenvalue weighted by atomic mass is 10.00. The van der Waals surface area contributed by atoms with Crippen molar-refractivity contribution in [2.75, 3.05) is 19.6 Å². The third-order valence-electron chi connectivity index (χ3n) is 3.76. The van der Waals surface area contributed by atoms with E-state index >= 15 is 0 Å². The number of hydrogen-bond acceptors (Lipinski definition) is 2. The summed E-state index contributed by atoms with van der Waals surface area (Å²) in [5.41, 5.74) is 0.722. The first-order valence-electron chi connectivity index (χ1n) is 6.90. The molecule has 1 saturated heterocycles. The van der Waals surface area contributed by atoms with E-state index in [1.165, 1.54) is 18.6 Å². The van der Waals surface area contributed by atoms with Crippen LogP contribution in [0.15, 0.2) is 24.3 Å². The van der Waals surface area contributed by atoms with E-state index < -0.39 is 0 Å². The molecule has 1 aromatic carbocycles. The first-order chi connectivity index (χ1) is 9.16. The van der Waals surface area contributed by atoms with E-state index in [4.69, 9.17) is 0 Å². The van der Waals surface area contributed by atoms with Gasteiger partial charge in [0.2, 0.25) is 5.91 Å². The van der Waals surface area contributed by atoms with Crippen LogP contribution in [0.5, 0.6) is 0 Å². The maximum atomic E-state index is 13.1. The second kappa shape index (κ2) is 8.22. The third-order valence-corrected chi connectivity index (χ3v) is 3.76. The van der Waals surface area contributed by atoms with E-state index in [1.54, 1.807) is 19.1 Å². The Bertz CT molecular complexity index is 436. The Morgan fingerprint density at radius 3 is 3.00 bits per heavy atom. The molecule has 1 amide bonds. The Balaban J connectivity index is 0.00000200. The summed E-state index contributed by atoms with van der Waals surface area (Å²) >= 11 is 0. The van der Waals surface area contributed by atoms with E-state index in [0.29, 0.717) is 12.5 Å². The molecule has 1 aliphatic heterocycles. The first kappa shape index (κ1) is 16.9. The molecule has 2 N–H and O–H groups in total. The lowest BCUT2D eigenvalue weighted by Gasteiger charge is -2.14. The van der Waals surface area contributed by atoms with Gasteiger partial charge in [0.05, 0.1) is 5.92 Å². The van der Waals surface area contributed by atoms with Crippen LogP contribution in [0.4, 0.5) is 4.39 Å². The van der Waals surface area contributed by atoms with Crippen molar-refractivity contribution < 1.29 is 9.18 Å². The van der Waals surface area contributed by atoms with Crippen molar-refractivity contribution >= 4 is 18.3 Å². The van der Waals surface area contributed by atoms with E-state index in [0.717, 1.165) is 25.1 Å². The SMILES string of the molecule is CC(C(=O)NCCC1CCNC1)c1cccc(F)c1.Cl. The molecule has 20 heavy (non-hydrogen) atoms. The average Bonchev–Trinajstić information content (AvgIpc) is 2.91. The fraction of sp³-hybridized carbons (Fsp3) is 0.533. The van der Waals surface area contributed by atoms with Gasteiger partial charge >= 0.3 is 0 Å². The molecular formula is C15H22ClFN2O. The van der Waals surface area contributed by atoms with Crippen LogP contribution >= 0.6 is 12.4 Å². The molecule has 112 valence electrons. The molecule has 2 atom stereocenters. The molecule has 0 radical (unpaired) electrons. The Morgan fingerprint density at radius 1 is 1.55 bits per heavy atom. The predicted octanol–water partition coefficient (Wildman–Crippen LogP) is 2.47. The summed E-state index contributed by atoms with van der Waals surface area (Å²) in [5, 5.41) is 6.25. The van der Waals surface area contributed by atoms with Gasteiger partial charge in [-0.1, -0.05) is 12.1 Å². The summed E-state index contributed by atoms with van der Waals surface area (Å²) in [6.07, 6.45) is 2.20. The monoisotopic (exact) mass is 300 g/mol. The molecule has 0 spiro atoms. The maximum Gasteiger partial charge on any atom is 0.227 e. The standard InChI is InChI=1S/C15H21FN2O.ClH/c1-11(13-3-2-4-14(16)9-13)15(19)18-8-6-12-5-7-17-10-12;/h2-4,9,11-12,17H,5-8,10H2,1H3,(H,18,19);1H. The molecule has 2 rings (SSSR count). The summed E-state index contributed by atoms with van der Waals surface area (Å²) < 4.78 is 13.1. The number of halogens is 2. The number of amides is 1. The number of hydrogen-bond donors (Lipinski definition) is 2. The minimum Gasteiger partial charge on any atom is -0.356 e. The van der Waals surface area contributed by atoms with Crippen molar-refractivity contribution in [3.8, 4) is 0 Å². The van der Waals surface area contributed by atoms with Crippen LogP contribution in [-0.2, 0) is 4.79 Å². The van der Waals surface area contributed by atoms with Crippen LogP contribution in [-0.4, -0.2) is 25.5 Å². The van der Waals surface area contributed by atoms with Crippen molar-refractivity contribution in [2.45, 2.75) is 25.7 Å². The normalized spacial score (nSPS) is 19.2. The van der Waals surface area contributed by atoms with Crippen molar-refractivity contribution in [2.24, 2.45) is 5.92 Å². The van der Waals surface area contributed by atoms with Gasteiger partial charge in [0.25, 0.3) is 0 Å². The first-order valence-corrected chi connectivity index (χ1v) is 6.90. The molecule has 5 heteroatoms. The van der Waals surface area contributed by atoms with Crippen LogP contribution in [0, 0.1) is 11.7 Å². The highest BCUT2D eigenvalue weighted by Gasteiger charge is 2.17. The average molecular weight is 301 g/mol. The second-order valence-corrected chi connectivity index (χ2v) is 5.22. The minimum absolute atomic E-state index is 0. The molecule has 1 fully saturated rings. The van der Waals surface area contributed by atoms with Gasteiger partial charge in [-0.25, -0.2) is 4.39 Å². The second-order valence-electron chi connectivity index (χ2n) is 5.22. The molecule has 2 unspecified atom stereocenters. The molecule has 0 aliphatic carbocycles. The van der Waals surface area contributed by atoms with Crippen molar-refractivity contribution in [1.82, 2.24) is 10.6 Å². The van der Waals surface area contributed by atoms with Gasteiger partial charge in [-0.3, -0.25) is 4.79 Å². The Morgan fingerprint density at radius 2 is 2.35 bits per heavy atom. The van der Waals surface area contributed by atoms with Gasteiger partial charge in [0, 0.05) is 6.54 Å². The van der Waals surface area contributed by atoms with E-state index in [9.17, 15) is 9.18 Å². The topological polar surface area (TPSA) is 41.1 Å². The van der Waals surface area contributed by atoms with Crippen molar-refractivity contribution in [3.63, 3.8) is 0 Å². The molecule has 0 aromatic heterocycles. The zero-order chi connectivity index (χ0) is 13.7. The van der Waals surface area contributed by atoms with Gasteiger partial charge < -0.3 is 10.6 Å². The molecule has 1 heterocycles. The lowest BCUT2D eigenvalue weighted by Crippen LogP contribution is -2.30. The number of rotatable bonds is 5. The highest BCUT2D eigenvalue weighted by atomic mass is 35.5. The molecule has 1 aromatic rings. The molecule has 1 aliphatic rings. The number of nitrogens with one attached hydrogen (secondary N) is 2. The Hall–Kier alpha value is -1.13. The summed E-state index contributed by atoms with van der Waals surface area (Å²) in [7, 11) is 0. The molecule has 0 bridgehead atoms. The van der Waals surface area contributed by atoms with Gasteiger partial charge in [0.15, 0.2) is 0 Å². The van der Waals surface area contributed by atoms with Crippen LogP contribution in [0.25, 0.3) is 0 Å². The van der Waals surface area contributed by atoms with Gasteiger partial charge in [0.1, 0.15) is 5.82 Å². The summed E-state index contributed by atoms with van der Waals surface area (Å²) in [6.45, 7) is 4.64. The van der Waals surface area contributed by atoms with Gasteiger partial charge in [-0.2, -0.15) is 0 Å². The quantitative estimate of drug-likeness (QED) is 0.877. The molecular weight excluding hydrogens is 279 g/mol. The zero-order valence-electron chi connectivity index (χ0n) is 11.7. The van der Waals surface area contributed by atoms with Crippen molar-refractivity contribution in [3.05, 3.63) is 35.6 Å². The number of carbonyl (C=O) groups is 1. The fourth-order valence-electron chi connectivity index (χ4n) is 2.44. The minimum atomic E-state index is -0.308. The van der Waals surface area contributed by atoms with Crippen LogP contribution in [0.2, 0.25) is 0 Å². The molecule has 3 nitrogen and oxygen atoms in total. The summed E-state index contributed by atoms with van der Waals surface area (Å²) in [5.74, 6) is 0.0351. The van der Waals surface area contributed by atoms with E-state index in [1.807, 2.05) is 0 Å². The summed E-state index contributed by atoms with van der Waals surface area (Å²) in [6, 6.07) is 6.24. The summed E-state index contributed by atoms with van der Waals surface area (Å²) in [4.78, 5) is 12.0. The Kier molecular flexibility index (Phi) is 6.96. The Labute approximate surface area is 125 Å². The smallest absolute Gasteiger partial charge is 0.227 e. The van der Waals surface area contributed by atoms with Crippen LogP contribution < -0.4 is 10.6 Å². The van der Waals surface area contributed by atoms with Crippen LogP contribution in [0.3, 0.4) is 0 Å². The fourth-order valence-corrected chi connectivity index (χ4v) is 2.44. The van der Waals surface area contributed by atoms with E-state index in [2.05, 4.69) is 10.6 Å². The third kappa shape index (κ3) is 4.76. The lowest BCUT2D eigenvalue weighted by molar-refractivity contribution is -0.122. The van der Waals surface area contributed by atoms with Crippen LogP contribution in [0.1, 0.15) is 31.2 Å². The van der Waals surface area contributed by atoms with Crippen molar-refractivity contribution in [1.29, 1.82) is 0 Å². The predicted molar refractivity (Wildman–Crippen MR) is 80.7 cm³/mol. The highest BCUT2D eigenvalue weighted by Crippen LogP contribution is 2.16. The highest BCUT2D eigenvalue weighted by molar-refractivity contribution is 5.85. The number of carbonyl (C=O) groups excluding carboxylic acids is 1. The van der Waals surface area contributed by atoms with Gasteiger partial charge in [-0.15, -0.1) is 12.4 Å². The van der Waals surface area contributed by atoms with E-state index in [-0.39, 0.29) is 30.0 Å².